The van der Waals surface area contributed by atoms with Gasteiger partial charge in [-0.15, -0.1) is 0 Å². The van der Waals surface area contributed by atoms with Crippen molar-refractivity contribution in [1.29, 1.82) is 0 Å². The Morgan fingerprint density at radius 2 is 2.09 bits per heavy atom. The Morgan fingerprint density at radius 3 is 2.70 bits per heavy atom. The van der Waals surface area contributed by atoms with Crippen LogP contribution in [0.1, 0.15) is 5.56 Å². The van der Waals surface area contributed by atoms with Crippen LogP contribution in [0.4, 0.5) is 0 Å². The Labute approximate surface area is 133 Å². The van der Waals surface area contributed by atoms with E-state index < -0.39 is 25.7 Å². The first-order valence-electron chi connectivity index (χ1n) is 6.83. The van der Waals surface area contributed by atoms with E-state index in [1.807, 2.05) is 30.3 Å². The van der Waals surface area contributed by atoms with Crippen molar-refractivity contribution in [3.05, 3.63) is 54.6 Å². The van der Waals surface area contributed by atoms with Gasteiger partial charge in [0.05, 0.1) is 18.7 Å². The van der Waals surface area contributed by atoms with Crippen molar-refractivity contribution < 1.29 is 19.1 Å². The van der Waals surface area contributed by atoms with Gasteiger partial charge in [0, 0.05) is 6.08 Å². The van der Waals surface area contributed by atoms with E-state index in [0.29, 0.717) is 0 Å². The zero-order chi connectivity index (χ0) is 16.7. The summed E-state index contributed by atoms with van der Waals surface area (Å²) in [6.45, 7) is 0.121. The fourth-order valence-electron chi connectivity index (χ4n) is 1.97. The van der Waals surface area contributed by atoms with E-state index in [2.05, 4.69) is 15.4 Å². The summed E-state index contributed by atoms with van der Waals surface area (Å²) in [4.78, 5) is 34.0. The van der Waals surface area contributed by atoms with E-state index in [1.165, 1.54) is 23.4 Å². The molecule has 0 radical (unpaired) electrons. The number of benzene rings is 1. The molecule has 0 saturated carbocycles. The number of hydrogen-bond acceptors (Lipinski definition) is 4. The third-order valence-corrected chi connectivity index (χ3v) is 3.82. The van der Waals surface area contributed by atoms with Crippen LogP contribution in [0.15, 0.2) is 49.1 Å². The van der Waals surface area contributed by atoms with Crippen LogP contribution in [0, 0.1) is 0 Å². The van der Waals surface area contributed by atoms with Crippen molar-refractivity contribution in [2.45, 2.75) is 12.6 Å². The third kappa shape index (κ3) is 6.56. The fourth-order valence-corrected chi connectivity index (χ4v) is 2.76. The average molecular weight is 336 g/mol. The molecule has 9 heteroatoms. The fraction of sp³-hybridized carbons (Fsp3) is 0.214. The molecule has 1 aromatic carbocycles. The first-order chi connectivity index (χ1) is 10.9. The second-order valence-electron chi connectivity index (χ2n) is 4.91. The lowest BCUT2D eigenvalue weighted by atomic mass is 10.2. The Hall–Kier alpha value is -2.28. The van der Waals surface area contributed by atoms with Gasteiger partial charge in [-0.2, -0.15) is 5.10 Å². The predicted molar refractivity (Wildman–Crippen MR) is 84.3 cm³/mol. The van der Waals surface area contributed by atoms with Crippen LogP contribution in [0.5, 0.6) is 0 Å². The van der Waals surface area contributed by atoms with Crippen molar-refractivity contribution in [1.82, 2.24) is 20.1 Å². The molecule has 1 heterocycles. The minimum Gasteiger partial charge on any atom is -0.347 e. The summed E-state index contributed by atoms with van der Waals surface area (Å²) in [5.74, 6) is -0.438. The number of nitrogens with one attached hydrogen (secondary N) is 1. The normalized spacial score (nSPS) is 13.1. The van der Waals surface area contributed by atoms with E-state index in [1.54, 1.807) is 6.08 Å². The largest absolute Gasteiger partial charge is 0.347 e. The third-order valence-electron chi connectivity index (χ3n) is 2.91. The molecule has 1 aromatic heterocycles. The van der Waals surface area contributed by atoms with E-state index >= 15 is 0 Å². The van der Waals surface area contributed by atoms with Gasteiger partial charge in [0.2, 0.25) is 5.91 Å². The standard InChI is InChI=1S/C14H17N4O4P/c19-14(7-6-12-4-2-1-3-5-12)17-13(9-23(20,21)22)8-18-11-15-10-16-18/h1-7,10-11,13H,8-9H2,(H,17,19)(H2,20,21,22)/b7-6+. The predicted octanol–water partition coefficient (Wildman–Crippen LogP) is 0.654. The molecule has 0 bridgehead atoms. The molecule has 0 fully saturated rings. The van der Waals surface area contributed by atoms with Crippen LogP contribution in [-0.2, 0) is 15.9 Å². The Balaban J connectivity index is 1.99. The lowest BCUT2D eigenvalue weighted by Crippen LogP contribution is -2.39. The van der Waals surface area contributed by atoms with E-state index in [-0.39, 0.29) is 6.54 Å². The molecule has 0 aliphatic carbocycles. The van der Waals surface area contributed by atoms with Gasteiger partial charge in [0.1, 0.15) is 12.7 Å². The molecule has 0 aliphatic heterocycles. The van der Waals surface area contributed by atoms with Crippen LogP contribution in [0.2, 0.25) is 0 Å². The topological polar surface area (TPSA) is 117 Å². The zero-order valence-electron chi connectivity index (χ0n) is 12.2. The van der Waals surface area contributed by atoms with Gasteiger partial charge in [-0.05, 0) is 11.6 Å². The number of nitrogens with zero attached hydrogens (tertiary/aromatic N) is 3. The molecule has 2 rings (SSSR count). The van der Waals surface area contributed by atoms with Crippen LogP contribution in [0.3, 0.4) is 0 Å². The highest BCUT2D eigenvalue weighted by Crippen LogP contribution is 2.35. The Morgan fingerprint density at radius 1 is 1.35 bits per heavy atom. The van der Waals surface area contributed by atoms with E-state index in [9.17, 15) is 9.36 Å². The van der Waals surface area contributed by atoms with Crippen LogP contribution >= 0.6 is 7.60 Å². The summed E-state index contributed by atoms with van der Waals surface area (Å²) in [6, 6.07) is 8.48. The SMILES string of the molecule is O=C(/C=C/c1ccccc1)NC(Cn1cncn1)CP(=O)(O)O. The quantitative estimate of drug-likeness (QED) is 0.505. The summed E-state index contributed by atoms with van der Waals surface area (Å²) >= 11 is 0. The number of aromatic nitrogens is 3. The Bertz CT molecular complexity index is 697. The number of hydrogen-bond donors (Lipinski definition) is 3. The molecule has 1 atom stereocenters. The number of carbonyl (C=O) groups excluding carboxylic acids is 1. The Kier molecular flexibility index (Phi) is 5.81. The molecule has 0 spiro atoms. The molecular formula is C14H17N4O4P. The van der Waals surface area contributed by atoms with Gasteiger partial charge in [-0.25, -0.2) is 4.98 Å². The van der Waals surface area contributed by atoms with Gasteiger partial charge in [-0.3, -0.25) is 14.0 Å². The summed E-state index contributed by atoms with van der Waals surface area (Å²) in [6.07, 6.45) is 5.20. The molecule has 0 aliphatic rings. The van der Waals surface area contributed by atoms with Crippen LogP contribution < -0.4 is 5.32 Å². The van der Waals surface area contributed by atoms with E-state index in [0.717, 1.165) is 5.56 Å². The highest BCUT2D eigenvalue weighted by molar-refractivity contribution is 7.51. The van der Waals surface area contributed by atoms with Gasteiger partial charge in [-0.1, -0.05) is 30.3 Å². The lowest BCUT2D eigenvalue weighted by molar-refractivity contribution is -0.117. The minimum absolute atomic E-state index is 0.121. The van der Waals surface area contributed by atoms with Crippen LogP contribution in [-0.4, -0.2) is 42.7 Å². The molecule has 0 saturated heterocycles. The molecule has 122 valence electrons. The summed E-state index contributed by atoms with van der Waals surface area (Å²) in [5, 5.41) is 6.45. The molecule has 3 N–H and O–H groups in total. The average Bonchev–Trinajstić information content (AvgIpc) is 2.97. The molecule has 2 aromatic rings. The van der Waals surface area contributed by atoms with Crippen LogP contribution in [0.25, 0.3) is 6.08 Å². The summed E-state index contributed by atoms with van der Waals surface area (Å²) < 4.78 is 12.6. The summed E-state index contributed by atoms with van der Waals surface area (Å²) in [7, 11) is -4.27. The first kappa shape index (κ1) is 17.1. The highest BCUT2D eigenvalue weighted by atomic mass is 31.2. The van der Waals surface area contributed by atoms with Gasteiger partial charge < -0.3 is 15.1 Å². The maximum atomic E-state index is 11.9. The maximum absolute atomic E-state index is 11.9. The number of rotatable bonds is 7. The molecular weight excluding hydrogens is 319 g/mol. The lowest BCUT2D eigenvalue weighted by Gasteiger charge is -2.18. The molecule has 8 nitrogen and oxygen atoms in total. The summed E-state index contributed by atoms with van der Waals surface area (Å²) in [5.41, 5.74) is 0.852. The van der Waals surface area contributed by atoms with Crippen molar-refractivity contribution in [3.8, 4) is 0 Å². The molecule has 1 unspecified atom stereocenters. The monoisotopic (exact) mass is 336 g/mol. The smallest absolute Gasteiger partial charge is 0.327 e. The van der Waals surface area contributed by atoms with Crippen molar-refractivity contribution in [2.75, 3.05) is 6.16 Å². The van der Waals surface area contributed by atoms with E-state index in [4.69, 9.17) is 9.79 Å². The van der Waals surface area contributed by atoms with Gasteiger partial charge in [0.15, 0.2) is 0 Å². The zero-order valence-corrected chi connectivity index (χ0v) is 13.1. The maximum Gasteiger partial charge on any atom is 0.327 e. The number of amides is 1. The molecule has 1 amide bonds. The van der Waals surface area contributed by atoms with Crippen molar-refractivity contribution >= 4 is 19.6 Å². The van der Waals surface area contributed by atoms with Gasteiger partial charge in [0.25, 0.3) is 0 Å². The second kappa shape index (κ2) is 7.82. The minimum atomic E-state index is -4.27. The number of carbonyl (C=O) groups is 1. The second-order valence-corrected chi connectivity index (χ2v) is 6.61. The first-order valence-corrected chi connectivity index (χ1v) is 8.63. The van der Waals surface area contributed by atoms with Crippen molar-refractivity contribution in [2.24, 2.45) is 0 Å². The van der Waals surface area contributed by atoms with Gasteiger partial charge >= 0.3 is 7.60 Å². The molecule has 23 heavy (non-hydrogen) atoms. The highest BCUT2D eigenvalue weighted by Gasteiger charge is 2.23. The van der Waals surface area contributed by atoms with Crippen molar-refractivity contribution in [3.63, 3.8) is 0 Å².